The van der Waals surface area contributed by atoms with E-state index >= 15 is 0 Å². The average Bonchev–Trinajstić information content (AvgIpc) is 3.21. The van der Waals surface area contributed by atoms with Crippen LogP contribution in [0.15, 0.2) is 51.8 Å². The summed E-state index contributed by atoms with van der Waals surface area (Å²) >= 11 is 0. The zero-order chi connectivity index (χ0) is 21.7. The Morgan fingerprint density at radius 2 is 1.80 bits per heavy atom. The number of aryl methyl sites for hydroxylation is 2. The number of benzene rings is 2. The molecule has 158 valence electrons. The van der Waals surface area contributed by atoms with Gasteiger partial charge >= 0.3 is 0 Å². The number of rotatable bonds is 8. The lowest BCUT2D eigenvalue weighted by atomic mass is 10.1. The van der Waals surface area contributed by atoms with E-state index in [9.17, 15) is 13.2 Å². The van der Waals surface area contributed by atoms with Crippen molar-refractivity contribution in [3.05, 3.63) is 53.9 Å². The molecule has 3 aromatic rings. The molecule has 3 rings (SSSR count). The highest BCUT2D eigenvalue weighted by Crippen LogP contribution is 2.28. The van der Waals surface area contributed by atoms with Crippen LogP contribution < -0.4 is 14.2 Å². The van der Waals surface area contributed by atoms with Crippen molar-refractivity contribution in [2.24, 2.45) is 0 Å². The lowest BCUT2D eigenvalue weighted by Gasteiger charge is -2.11. The average molecular weight is 431 g/mol. The first-order valence-corrected chi connectivity index (χ1v) is 10.5. The second-order valence-electron chi connectivity index (χ2n) is 6.41. The molecule has 2 aromatic carbocycles. The minimum absolute atomic E-state index is 0.0927. The van der Waals surface area contributed by atoms with E-state index in [1.54, 1.807) is 6.07 Å². The van der Waals surface area contributed by atoms with Crippen LogP contribution in [0, 0.1) is 6.92 Å². The van der Waals surface area contributed by atoms with Gasteiger partial charge in [-0.2, -0.15) is 0 Å². The molecule has 0 atom stereocenters. The van der Waals surface area contributed by atoms with Gasteiger partial charge in [0.2, 0.25) is 17.7 Å². The van der Waals surface area contributed by atoms with Crippen LogP contribution in [0.3, 0.4) is 0 Å². The van der Waals surface area contributed by atoms with Crippen molar-refractivity contribution in [2.45, 2.75) is 24.7 Å². The van der Waals surface area contributed by atoms with Gasteiger partial charge in [0.1, 0.15) is 16.4 Å². The van der Waals surface area contributed by atoms with E-state index in [1.807, 2.05) is 35.9 Å². The summed E-state index contributed by atoms with van der Waals surface area (Å²) in [6.45, 7) is 1.97. The summed E-state index contributed by atoms with van der Waals surface area (Å²) < 4.78 is 42.9. The number of carbonyl (C=O) groups is 1. The molecular formula is C20H21N3O6S. The fourth-order valence-electron chi connectivity index (χ4n) is 2.64. The summed E-state index contributed by atoms with van der Waals surface area (Å²) in [5.41, 5.74) is 1.86. The van der Waals surface area contributed by atoms with Gasteiger partial charge in [0.05, 0.1) is 14.2 Å². The molecule has 0 saturated carbocycles. The van der Waals surface area contributed by atoms with Crippen LogP contribution in [0.1, 0.15) is 17.9 Å². The number of hydrogen-bond acceptors (Lipinski definition) is 8. The van der Waals surface area contributed by atoms with Crippen molar-refractivity contribution in [2.75, 3.05) is 14.2 Å². The normalized spacial score (nSPS) is 11.2. The minimum Gasteiger partial charge on any atom is -0.497 e. The van der Waals surface area contributed by atoms with Gasteiger partial charge in [-0.3, -0.25) is 4.79 Å². The van der Waals surface area contributed by atoms with Crippen molar-refractivity contribution in [3.8, 4) is 23.0 Å². The molecule has 0 bridgehead atoms. The second kappa shape index (κ2) is 8.95. The maximum atomic E-state index is 12.6. The Hall–Kier alpha value is -3.40. The lowest BCUT2D eigenvalue weighted by Crippen LogP contribution is -2.31. The van der Waals surface area contributed by atoms with E-state index in [0.717, 1.165) is 11.1 Å². The Kier molecular flexibility index (Phi) is 6.36. The van der Waals surface area contributed by atoms with Crippen molar-refractivity contribution in [1.29, 1.82) is 0 Å². The topological polar surface area (TPSA) is 121 Å². The summed E-state index contributed by atoms with van der Waals surface area (Å²) in [5.74, 6) is 0.264. The molecule has 0 unspecified atom stereocenters. The highest BCUT2D eigenvalue weighted by Gasteiger charge is 2.23. The summed E-state index contributed by atoms with van der Waals surface area (Å²) in [6, 6.07) is 11.8. The van der Waals surface area contributed by atoms with Crippen LogP contribution in [-0.2, 0) is 21.2 Å². The summed E-state index contributed by atoms with van der Waals surface area (Å²) in [5, 5.41) is 7.87. The quantitative estimate of drug-likeness (QED) is 0.577. The number of carbonyl (C=O) groups excluding carboxylic acids is 1. The first-order valence-electron chi connectivity index (χ1n) is 8.99. The van der Waals surface area contributed by atoms with Crippen molar-refractivity contribution >= 4 is 15.9 Å². The molecule has 9 nitrogen and oxygen atoms in total. The second-order valence-corrected chi connectivity index (χ2v) is 8.06. The molecule has 1 N–H and O–H groups in total. The van der Waals surface area contributed by atoms with E-state index in [2.05, 4.69) is 10.2 Å². The van der Waals surface area contributed by atoms with Gasteiger partial charge < -0.3 is 13.9 Å². The number of amides is 1. The molecule has 0 aliphatic carbocycles. The fraction of sp³-hybridized carbons (Fsp3) is 0.250. The molecule has 1 aromatic heterocycles. The summed E-state index contributed by atoms with van der Waals surface area (Å²) in [7, 11) is -1.41. The molecule has 10 heteroatoms. The van der Waals surface area contributed by atoms with Gasteiger partial charge in [0.15, 0.2) is 0 Å². The molecule has 0 aliphatic heterocycles. The van der Waals surface area contributed by atoms with Gasteiger partial charge in [-0.15, -0.1) is 10.2 Å². The van der Waals surface area contributed by atoms with Crippen LogP contribution >= 0.6 is 0 Å². The Labute approximate surface area is 174 Å². The molecule has 0 fully saturated rings. The number of nitrogens with one attached hydrogen (secondary N) is 1. The van der Waals surface area contributed by atoms with E-state index in [4.69, 9.17) is 13.9 Å². The summed E-state index contributed by atoms with van der Waals surface area (Å²) in [6.07, 6.45) is -0.0590. The molecule has 0 radical (unpaired) electrons. The first-order chi connectivity index (χ1) is 14.3. The number of ether oxygens (including phenoxy) is 2. The highest BCUT2D eigenvalue weighted by atomic mass is 32.2. The Balaban J connectivity index is 1.65. The SMILES string of the molecule is COc1ccc(OC)c(S(=O)(=O)NC(=O)CCc2nnc(-c3ccc(C)cc3)o2)c1. The van der Waals surface area contributed by atoms with Gasteiger partial charge in [-0.25, -0.2) is 13.1 Å². The smallest absolute Gasteiger partial charge is 0.267 e. The number of aromatic nitrogens is 2. The van der Waals surface area contributed by atoms with Crippen LogP contribution in [-0.4, -0.2) is 38.7 Å². The monoisotopic (exact) mass is 431 g/mol. The van der Waals surface area contributed by atoms with Crippen LogP contribution in [0.5, 0.6) is 11.5 Å². The third-order valence-corrected chi connectivity index (χ3v) is 5.63. The van der Waals surface area contributed by atoms with Crippen molar-refractivity contribution < 1.29 is 27.1 Å². The van der Waals surface area contributed by atoms with Gasteiger partial charge in [-0.1, -0.05) is 17.7 Å². The van der Waals surface area contributed by atoms with E-state index in [-0.39, 0.29) is 29.4 Å². The van der Waals surface area contributed by atoms with E-state index in [0.29, 0.717) is 11.6 Å². The van der Waals surface area contributed by atoms with Crippen LogP contribution in [0.4, 0.5) is 0 Å². The maximum Gasteiger partial charge on any atom is 0.267 e. The molecule has 0 spiro atoms. The van der Waals surface area contributed by atoms with Crippen LogP contribution in [0.2, 0.25) is 0 Å². The van der Waals surface area contributed by atoms with Crippen LogP contribution in [0.25, 0.3) is 11.5 Å². The third kappa shape index (κ3) is 4.95. The van der Waals surface area contributed by atoms with Crippen molar-refractivity contribution in [1.82, 2.24) is 14.9 Å². The number of methoxy groups -OCH3 is 2. The first kappa shape index (κ1) is 21.3. The molecule has 0 aliphatic rings. The number of sulfonamides is 1. The number of hydrogen-bond donors (Lipinski definition) is 1. The molecular weight excluding hydrogens is 410 g/mol. The largest absolute Gasteiger partial charge is 0.497 e. The number of nitrogens with zero attached hydrogens (tertiary/aromatic N) is 2. The van der Waals surface area contributed by atoms with E-state index in [1.165, 1.54) is 26.4 Å². The predicted octanol–water partition coefficient (Wildman–Crippen LogP) is 2.50. The molecule has 1 heterocycles. The third-order valence-electron chi connectivity index (χ3n) is 4.24. The Morgan fingerprint density at radius 1 is 1.07 bits per heavy atom. The van der Waals surface area contributed by atoms with E-state index < -0.39 is 15.9 Å². The standard InChI is InChI=1S/C20H21N3O6S/c1-13-4-6-14(7-5-13)20-22-21-19(29-20)11-10-18(24)23-30(25,26)17-12-15(27-2)8-9-16(17)28-3/h4-9,12H,10-11H2,1-3H3,(H,23,24). The predicted molar refractivity (Wildman–Crippen MR) is 108 cm³/mol. The zero-order valence-electron chi connectivity index (χ0n) is 16.7. The zero-order valence-corrected chi connectivity index (χ0v) is 17.5. The molecule has 30 heavy (non-hydrogen) atoms. The minimum atomic E-state index is -4.15. The highest BCUT2D eigenvalue weighted by molar-refractivity contribution is 7.90. The summed E-state index contributed by atoms with van der Waals surface area (Å²) in [4.78, 5) is 12.0. The Bertz CT molecular complexity index is 1140. The lowest BCUT2D eigenvalue weighted by molar-refractivity contribution is -0.119. The molecule has 0 saturated heterocycles. The van der Waals surface area contributed by atoms with Crippen molar-refractivity contribution in [3.63, 3.8) is 0 Å². The fourth-order valence-corrected chi connectivity index (χ4v) is 3.84. The van der Waals surface area contributed by atoms with Gasteiger partial charge in [-0.05, 0) is 31.2 Å². The van der Waals surface area contributed by atoms with Gasteiger partial charge in [0.25, 0.3) is 10.0 Å². The Morgan fingerprint density at radius 3 is 2.47 bits per heavy atom. The maximum absolute atomic E-state index is 12.6. The van der Waals surface area contributed by atoms with Gasteiger partial charge in [0, 0.05) is 24.5 Å². The molecule has 1 amide bonds.